The summed E-state index contributed by atoms with van der Waals surface area (Å²) in [4.78, 5) is 22.9. The third-order valence-corrected chi connectivity index (χ3v) is 2.72. The van der Waals surface area contributed by atoms with Crippen LogP contribution in [0.15, 0.2) is 18.2 Å². The van der Waals surface area contributed by atoms with Gasteiger partial charge < -0.3 is 25.2 Å². The first-order valence-corrected chi connectivity index (χ1v) is 6.26. The molecule has 1 aromatic carbocycles. The van der Waals surface area contributed by atoms with Gasteiger partial charge in [-0.1, -0.05) is 6.07 Å². The Morgan fingerprint density at radius 1 is 1.15 bits per heavy atom. The first-order chi connectivity index (χ1) is 9.70. The van der Waals surface area contributed by atoms with Crippen LogP contribution in [0.2, 0.25) is 0 Å². The molecule has 3 N–H and O–H groups in total. The second kappa shape index (κ2) is 6.76. The SMILES string of the molecule is O=C(NCCCO)C(=O)NCc1ccc2c(c1)OCO2. The maximum absolute atomic E-state index is 11.5. The van der Waals surface area contributed by atoms with Crippen LogP contribution in [0.1, 0.15) is 12.0 Å². The molecular weight excluding hydrogens is 264 g/mol. The Hall–Kier alpha value is -2.28. The molecule has 1 heterocycles. The maximum Gasteiger partial charge on any atom is 0.309 e. The van der Waals surface area contributed by atoms with Gasteiger partial charge >= 0.3 is 11.8 Å². The minimum atomic E-state index is -0.709. The van der Waals surface area contributed by atoms with Gasteiger partial charge in [0.2, 0.25) is 6.79 Å². The van der Waals surface area contributed by atoms with Crippen LogP contribution in [0.3, 0.4) is 0 Å². The van der Waals surface area contributed by atoms with Crippen LogP contribution in [0.25, 0.3) is 0 Å². The molecule has 0 unspecified atom stereocenters. The van der Waals surface area contributed by atoms with Crippen molar-refractivity contribution in [2.24, 2.45) is 0 Å². The van der Waals surface area contributed by atoms with Crippen LogP contribution in [0.5, 0.6) is 11.5 Å². The van der Waals surface area contributed by atoms with E-state index in [1.807, 2.05) is 0 Å². The fraction of sp³-hybridized carbons (Fsp3) is 0.385. The quantitative estimate of drug-likeness (QED) is 0.500. The van der Waals surface area contributed by atoms with E-state index in [1.165, 1.54) is 0 Å². The molecule has 0 saturated carbocycles. The van der Waals surface area contributed by atoms with Gasteiger partial charge in [0.05, 0.1) is 0 Å². The summed E-state index contributed by atoms with van der Waals surface area (Å²) in [5.41, 5.74) is 0.811. The smallest absolute Gasteiger partial charge is 0.309 e. The van der Waals surface area contributed by atoms with E-state index in [9.17, 15) is 9.59 Å². The monoisotopic (exact) mass is 280 g/mol. The summed E-state index contributed by atoms with van der Waals surface area (Å²) in [6.07, 6.45) is 0.418. The van der Waals surface area contributed by atoms with Gasteiger partial charge in [-0.05, 0) is 24.1 Å². The molecule has 0 aromatic heterocycles. The normalized spacial score (nSPS) is 12.1. The van der Waals surface area contributed by atoms with E-state index < -0.39 is 11.8 Å². The highest BCUT2D eigenvalue weighted by Crippen LogP contribution is 2.32. The highest BCUT2D eigenvalue weighted by atomic mass is 16.7. The minimum absolute atomic E-state index is 0.0287. The van der Waals surface area contributed by atoms with E-state index in [0.717, 1.165) is 5.56 Å². The van der Waals surface area contributed by atoms with Gasteiger partial charge in [-0.3, -0.25) is 9.59 Å². The molecule has 0 spiro atoms. The maximum atomic E-state index is 11.5. The second-order valence-corrected chi connectivity index (χ2v) is 4.20. The number of hydrogen-bond acceptors (Lipinski definition) is 5. The Morgan fingerprint density at radius 2 is 1.90 bits per heavy atom. The van der Waals surface area contributed by atoms with Gasteiger partial charge in [0.25, 0.3) is 0 Å². The van der Waals surface area contributed by atoms with Crippen molar-refractivity contribution >= 4 is 11.8 Å². The standard InChI is InChI=1S/C13H16N2O5/c16-5-1-4-14-12(17)13(18)15-7-9-2-3-10-11(6-9)20-8-19-10/h2-3,6,16H,1,4-5,7-8H2,(H,14,17)(H,15,18). The van der Waals surface area contributed by atoms with Gasteiger partial charge in [0.15, 0.2) is 11.5 Å². The number of carbonyl (C=O) groups is 2. The molecule has 0 radical (unpaired) electrons. The molecule has 1 aromatic rings. The summed E-state index contributed by atoms with van der Waals surface area (Å²) in [5.74, 6) is -0.120. The number of aliphatic hydroxyl groups excluding tert-OH is 1. The van der Waals surface area contributed by atoms with Crippen LogP contribution in [-0.4, -0.2) is 36.9 Å². The molecule has 0 fully saturated rings. The Kier molecular flexibility index (Phi) is 4.78. The molecule has 0 aliphatic carbocycles. The number of benzene rings is 1. The van der Waals surface area contributed by atoms with Crippen molar-refractivity contribution in [3.8, 4) is 11.5 Å². The predicted molar refractivity (Wildman–Crippen MR) is 69.1 cm³/mol. The van der Waals surface area contributed by atoms with Gasteiger partial charge in [-0.15, -0.1) is 0 Å². The third-order valence-electron chi connectivity index (χ3n) is 2.72. The lowest BCUT2D eigenvalue weighted by molar-refractivity contribution is -0.139. The van der Waals surface area contributed by atoms with Gasteiger partial charge in [0, 0.05) is 19.7 Å². The van der Waals surface area contributed by atoms with Crippen molar-refractivity contribution < 1.29 is 24.2 Å². The Bertz CT molecular complexity index is 504. The van der Waals surface area contributed by atoms with E-state index in [2.05, 4.69) is 10.6 Å². The summed E-state index contributed by atoms with van der Waals surface area (Å²) in [6, 6.07) is 5.30. The second-order valence-electron chi connectivity index (χ2n) is 4.20. The van der Waals surface area contributed by atoms with E-state index >= 15 is 0 Å². The average Bonchev–Trinajstić information content (AvgIpc) is 2.92. The van der Waals surface area contributed by atoms with Crippen molar-refractivity contribution in [2.45, 2.75) is 13.0 Å². The molecule has 0 bridgehead atoms. The van der Waals surface area contributed by atoms with Crippen molar-refractivity contribution in [3.63, 3.8) is 0 Å². The zero-order valence-electron chi connectivity index (χ0n) is 10.8. The molecular formula is C13H16N2O5. The number of nitrogens with one attached hydrogen (secondary N) is 2. The van der Waals surface area contributed by atoms with Gasteiger partial charge in [-0.25, -0.2) is 0 Å². The van der Waals surface area contributed by atoms with Crippen LogP contribution in [0, 0.1) is 0 Å². The lowest BCUT2D eigenvalue weighted by atomic mass is 10.2. The molecule has 7 nitrogen and oxygen atoms in total. The summed E-state index contributed by atoms with van der Waals surface area (Å²) in [5, 5.41) is 13.5. The van der Waals surface area contributed by atoms with Gasteiger partial charge in [0.1, 0.15) is 0 Å². The average molecular weight is 280 g/mol. The zero-order chi connectivity index (χ0) is 14.4. The zero-order valence-corrected chi connectivity index (χ0v) is 10.8. The van der Waals surface area contributed by atoms with Gasteiger partial charge in [-0.2, -0.15) is 0 Å². The molecule has 108 valence electrons. The largest absolute Gasteiger partial charge is 0.454 e. The summed E-state index contributed by atoms with van der Waals surface area (Å²) >= 11 is 0. The Morgan fingerprint density at radius 3 is 2.70 bits per heavy atom. The van der Waals surface area contributed by atoms with Crippen LogP contribution in [-0.2, 0) is 16.1 Å². The molecule has 0 saturated heterocycles. The molecule has 7 heteroatoms. The topological polar surface area (TPSA) is 96.9 Å². The fourth-order valence-electron chi connectivity index (χ4n) is 1.67. The first kappa shape index (κ1) is 14.1. The number of fused-ring (bicyclic) bond motifs is 1. The third kappa shape index (κ3) is 3.61. The molecule has 2 amide bonds. The summed E-state index contributed by atoms with van der Waals surface area (Å²) in [6.45, 7) is 0.660. The molecule has 1 aliphatic heterocycles. The van der Waals surface area contributed by atoms with E-state index in [-0.39, 0.29) is 26.5 Å². The van der Waals surface area contributed by atoms with E-state index in [4.69, 9.17) is 14.6 Å². The first-order valence-electron chi connectivity index (χ1n) is 6.26. The summed E-state index contributed by atoms with van der Waals surface area (Å²) in [7, 11) is 0. The molecule has 0 atom stereocenters. The molecule has 1 aliphatic rings. The fourth-order valence-corrected chi connectivity index (χ4v) is 1.67. The number of rotatable bonds is 5. The highest BCUT2D eigenvalue weighted by molar-refractivity contribution is 6.35. The van der Waals surface area contributed by atoms with Crippen LogP contribution < -0.4 is 20.1 Å². The van der Waals surface area contributed by atoms with Crippen LogP contribution in [0.4, 0.5) is 0 Å². The van der Waals surface area contributed by atoms with Crippen molar-refractivity contribution in [2.75, 3.05) is 19.9 Å². The van der Waals surface area contributed by atoms with Crippen molar-refractivity contribution in [1.29, 1.82) is 0 Å². The number of carbonyl (C=O) groups excluding carboxylic acids is 2. The van der Waals surface area contributed by atoms with E-state index in [0.29, 0.717) is 17.9 Å². The number of amides is 2. The lowest BCUT2D eigenvalue weighted by Crippen LogP contribution is -2.40. The molecule has 2 rings (SSSR count). The Labute approximate surface area is 115 Å². The van der Waals surface area contributed by atoms with Crippen molar-refractivity contribution in [3.05, 3.63) is 23.8 Å². The number of aliphatic hydroxyl groups is 1. The van der Waals surface area contributed by atoms with Crippen LogP contribution >= 0.6 is 0 Å². The molecule has 20 heavy (non-hydrogen) atoms. The Balaban J connectivity index is 1.79. The number of ether oxygens (including phenoxy) is 2. The number of hydrogen-bond donors (Lipinski definition) is 3. The van der Waals surface area contributed by atoms with Crippen molar-refractivity contribution in [1.82, 2.24) is 10.6 Å². The predicted octanol–water partition coefficient (Wildman–Crippen LogP) is -0.470. The lowest BCUT2D eigenvalue weighted by Gasteiger charge is -2.06. The van der Waals surface area contributed by atoms with E-state index in [1.54, 1.807) is 18.2 Å². The minimum Gasteiger partial charge on any atom is -0.454 e. The summed E-state index contributed by atoms with van der Waals surface area (Å²) < 4.78 is 10.4. The highest BCUT2D eigenvalue weighted by Gasteiger charge is 2.15.